The second-order valence-electron chi connectivity index (χ2n) is 6.78. The Kier molecular flexibility index (Phi) is 4.52. The molecule has 2 fully saturated rings. The van der Waals surface area contributed by atoms with Crippen LogP contribution in [0.4, 0.5) is 0 Å². The zero-order valence-corrected chi connectivity index (χ0v) is 15.4. The van der Waals surface area contributed by atoms with Gasteiger partial charge in [-0.3, -0.25) is 4.79 Å². The fourth-order valence-corrected chi connectivity index (χ4v) is 4.39. The summed E-state index contributed by atoms with van der Waals surface area (Å²) in [6.07, 6.45) is 3.02. The molecule has 4 rings (SSSR count). The van der Waals surface area contributed by atoms with E-state index in [1.54, 1.807) is 0 Å². The average molecular weight is 402 g/mol. The Morgan fingerprint density at radius 3 is 2.52 bits per heavy atom. The van der Waals surface area contributed by atoms with Crippen LogP contribution in [-0.4, -0.2) is 34.1 Å². The lowest BCUT2D eigenvalue weighted by molar-refractivity contribution is 0.0285. The van der Waals surface area contributed by atoms with E-state index in [1.807, 2.05) is 53.4 Å². The Morgan fingerprint density at radius 1 is 1.08 bits per heavy atom. The molecule has 2 bridgehead atoms. The molecule has 2 saturated heterocycles. The lowest BCUT2D eigenvalue weighted by atomic mass is 9.98. The van der Waals surface area contributed by atoms with Crippen LogP contribution in [-0.2, 0) is 0 Å². The maximum atomic E-state index is 13.2. The standard InChI is InChI=1S/C20H20BrNO3/c21-13-4-3-5-17(10-13)25-19-7-2-1-6-18(19)20(24)22-14-8-9-15(22)12-16(23)11-14/h1-7,10,14-16,23H,8-9,11-12H2. The van der Waals surface area contributed by atoms with Crippen LogP contribution in [0.5, 0.6) is 11.5 Å². The minimum atomic E-state index is -0.283. The smallest absolute Gasteiger partial charge is 0.258 e. The number of fused-ring (bicyclic) bond motifs is 2. The Hall–Kier alpha value is -1.85. The molecule has 2 unspecified atom stereocenters. The number of aliphatic hydroxyl groups is 1. The molecule has 130 valence electrons. The second-order valence-corrected chi connectivity index (χ2v) is 7.69. The van der Waals surface area contributed by atoms with Crippen molar-refractivity contribution < 1.29 is 14.6 Å². The molecule has 5 heteroatoms. The van der Waals surface area contributed by atoms with Crippen molar-refractivity contribution in [2.24, 2.45) is 0 Å². The number of benzene rings is 2. The first-order chi connectivity index (χ1) is 12.1. The molecule has 2 aromatic rings. The van der Waals surface area contributed by atoms with Crippen molar-refractivity contribution in [2.75, 3.05) is 0 Å². The zero-order valence-electron chi connectivity index (χ0n) is 13.8. The maximum Gasteiger partial charge on any atom is 0.258 e. The average Bonchev–Trinajstić information content (AvgIpc) is 2.86. The topological polar surface area (TPSA) is 49.8 Å². The Balaban J connectivity index is 1.62. The van der Waals surface area contributed by atoms with E-state index < -0.39 is 0 Å². The molecule has 2 aliphatic rings. The summed E-state index contributed by atoms with van der Waals surface area (Å²) in [4.78, 5) is 15.2. The van der Waals surface area contributed by atoms with E-state index >= 15 is 0 Å². The molecule has 0 aromatic heterocycles. The van der Waals surface area contributed by atoms with E-state index in [-0.39, 0.29) is 24.1 Å². The van der Waals surface area contributed by atoms with E-state index in [0.29, 0.717) is 29.9 Å². The van der Waals surface area contributed by atoms with Crippen molar-refractivity contribution in [3.8, 4) is 11.5 Å². The summed E-state index contributed by atoms with van der Waals surface area (Å²) in [6, 6.07) is 15.2. The summed E-state index contributed by atoms with van der Waals surface area (Å²) >= 11 is 3.44. The Labute approximate surface area is 155 Å². The normalized spacial score (nSPS) is 25.0. The van der Waals surface area contributed by atoms with Gasteiger partial charge in [0.1, 0.15) is 11.5 Å². The third-order valence-electron chi connectivity index (χ3n) is 5.08. The highest BCUT2D eigenvalue weighted by Crippen LogP contribution is 2.38. The van der Waals surface area contributed by atoms with Crippen molar-refractivity contribution in [1.29, 1.82) is 0 Å². The molecule has 2 atom stereocenters. The summed E-state index contributed by atoms with van der Waals surface area (Å²) < 4.78 is 6.92. The first kappa shape index (κ1) is 16.6. The van der Waals surface area contributed by atoms with Crippen LogP contribution < -0.4 is 4.74 Å². The largest absolute Gasteiger partial charge is 0.456 e. The number of carbonyl (C=O) groups is 1. The quantitative estimate of drug-likeness (QED) is 0.830. The van der Waals surface area contributed by atoms with Crippen molar-refractivity contribution >= 4 is 21.8 Å². The number of para-hydroxylation sites is 1. The number of rotatable bonds is 3. The number of hydrogen-bond acceptors (Lipinski definition) is 3. The molecule has 0 spiro atoms. The minimum Gasteiger partial charge on any atom is -0.456 e. The highest BCUT2D eigenvalue weighted by molar-refractivity contribution is 9.10. The molecule has 2 aromatic carbocycles. The molecule has 0 saturated carbocycles. The van der Waals surface area contributed by atoms with Crippen molar-refractivity contribution in [2.45, 2.75) is 43.9 Å². The third kappa shape index (κ3) is 3.31. The molecule has 2 heterocycles. The van der Waals surface area contributed by atoms with Gasteiger partial charge < -0.3 is 14.7 Å². The fourth-order valence-electron chi connectivity index (χ4n) is 4.01. The highest BCUT2D eigenvalue weighted by Gasteiger charge is 2.43. The van der Waals surface area contributed by atoms with Crippen LogP contribution in [0.2, 0.25) is 0 Å². The second kappa shape index (κ2) is 6.81. The molecular formula is C20H20BrNO3. The molecule has 1 N–H and O–H groups in total. The lowest BCUT2D eigenvalue weighted by Crippen LogP contribution is -2.48. The number of nitrogens with zero attached hydrogens (tertiary/aromatic N) is 1. The van der Waals surface area contributed by atoms with Crippen molar-refractivity contribution in [3.05, 3.63) is 58.6 Å². The van der Waals surface area contributed by atoms with Crippen LogP contribution >= 0.6 is 15.9 Å². The molecule has 2 aliphatic heterocycles. The molecular weight excluding hydrogens is 382 g/mol. The first-order valence-corrected chi connectivity index (χ1v) is 9.44. The number of piperidine rings is 1. The molecule has 0 aliphatic carbocycles. The summed E-state index contributed by atoms with van der Waals surface area (Å²) in [6.45, 7) is 0. The third-order valence-corrected chi connectivity index (χ3v) is 5.58. The van der Waals surface area contributed by atoms with Gasteiger partial charge in [0.05, 0.1) is 11.7 Å². The monoisotopic (exact) mass is 401 g/mol. The Morgan fingerprint density at radius 2 is 1.80 bits per heavy atom. The van der Waals surface area contributed by atoms with Crippen molar-refractivity contribution in [1.82, 2.24) is 4.90 Å². The molecule has 4 nitrogen and oxygen atoms in total. The van der Waals surface area contributed by atoms with E-state index in [0.717, 1.165) is 17.3 Å². The van der Waals surface area contributed by atoms with Gasteiger partial charge in [0.25, 0.3) is 5.91 Å². The summed E-state index contributed by atoms with van der Waals surface area (Å²) in [5, 5.41) is 9.97. The van der Waals surface area contributed by atoms with Gasteiger partial charge >= 0.3 is 0 Å². The highest BCUT2D eigenvalue weighted by atomic mass is 79.9. The van der Waals surface area contributed by atoms with Crippen LogP contribution in [0.25, 0.3) is 0 Å². The summed E-state index contributed by atoms with van der Waals surface area (Å²) in [7, 11) is 0. The SMILES string of the molecule is O=C(c1ccccc1Oc1cccc(Br)c1)N1C2CCC1CC(O)C2. The van der Waals surface area contributed by atoms with Gasteiger partial charge in [-0.15, -0.1) is 0 Å². The number of carbonyl (C=O) groups excluding carboxylic acids is 1. The van der Waals surface area contributed by atoms with Gasteiger partial charge in [-0.1, -0.05) is 34.1 Å². The van der Waals surface area contributed by atoms with Crippen LogP contribution in [0.1, 0.15) is 36.0 Å². The lowest BCUT2D eigenvalue weighted by Gasteiger charge is -2.37. The van der Waals surface area contributed by atoms with Gasteiger partial charge in [0, 0.05) is 16.6 Å². The predicted octanol–water partition coefficient (Wildman–Crippen LogP) is 4.37. The van der Waals surface area contributed by atoms with E-state index in [1.165, 1.54) is 0 Å². The van der Waals surface area contributed by atoms with E-state index in [9.17, 15) is 9.90 Å². The summed E-state index contributed by atoms with van der Waals surface area (Å²) in [5.41, 5.74) is 0.579. The van der Waals surface area contributed by atoms with Gasteiger partial charge in [-0.2, -0.15) is 0 Å². The van der Waals surface area contributed by atoms with Gasteiger partial charge in [-0.25, -0.2) is 0 Å². The number of aliphatic hydroxyl groups excluding tert-OH is 1. The van der Waals surface area contributed by atoms with Gasteiger partial charge in [0.2, 0.25) is 0 Å². The van der Waals surface area contributed by atoms with E-state index in [4.69, 9.17) is 4.74 Å². The number of hydrogen-bond donors (Lipinski definition) is 1. The number of halogens is 1. The number of ether oxygens (including phenoxy) is 1. The first-order valence-electron chi connectivity index (χ1n) is 8.65. The van der Waals surface area contributed by atoms with Gasteiger partial charge in [0.15, 0.2) is 0 Å². The zero-order chi connectivity index (χ0) is 17.4. The van der Waals surface area contributed by atoms with Crippen LogP contribution in [0.15, 0.2) is 53.0 Å². The minimum absolute atomic E-state index is 0.00463. The fraction of sp³-hybridized carbons (Fsp3) is 0.350. The van der Waals surface area contributed by atoms with Crippen LogP contribution in [0, 0.1) is 0 Å². The van der Waals surface area contributed by atoms with E-state index in [2.05, 4.69) is 15.9 Å². The van der Waals surface area contributed by atoms with Gasteiger partial charge in [-0.05, 0) is 56.0 Å². The molecule has 25 heavy (non-hydrogen) atoms. The Bertz CT molecular complexity index is 780. The summed E-state index contributed by atoms with van der Waals surface area (Å²) in [5.74, 6) is 1.26. The molecule has 1 amide bonds. The number of amides is 1. The van der Waals surface area contributed by atoms with Crippen LogP contribution in [0.3, 0.4) is 0 Å². The molecule has 0 radical (unpaired) electrons. The maximum absolute atomic E-state index is 13.2. The van der Waals surface area contributed by atoms with Crippen molar-refractivity contribution in [3.63, 3.8) is 0 Å². The predicted molar refractivity (Wildman–Crippen MR) is 98.9 cm³/mol.